The first-order valence-electron chi connectivity index (χ1n) is 25.4. The van der Waals surface area contributed by atoms with E-state index in [0.29, 0.717) is 0 Å². The Morgan fingerprint density at radius 1 is 0.451 bits per heavy atom. The summed E-state index contributed by atoms with van der Waals surface area (Å²) in [6.07, 6.45) is 1.000. The summed E-state index contributed by atoms with van der Waals surface area (Å²) in [4.78, 5) is 5.23. The van der Waals surface area contributed by atoms with Crippen molar-refractivity contribution in [3.05, 3.63) is 210 Å². The molecule has 0 bridgehead atoms. The predicted molar refractivity (Wildman–Crippen MR) is 311 cm³/mol. The number of hydrogen-bond donors (Lipinski definition) is 0. The standard InChI is InChI=1S/C67H57BN2S/c1-9-42-26-31-47(32-27-42)69-59-24-17-25-60-63(59)68(65-64(69)56-39-46(67(6,7)8)30-35-62(56)71-65)57-40-53(43-18-11-10-12-19-43)41(2)36-61(57)70(60)58-34-29-45(66(3,4)5)38-54(58)44-28-33-52-50-22-14-13-20-48(50)49-21-15-16-23-51(49)55(52)37-44/h10-40H,9H2,1-8H3. The maximum absolute atomic E-state index is 2.63. The maximum atomic E-state index is 2.63. The van der Waals surface area contributed by atoms with Gasteiger partial charge >= 0.3 is 0 Å². The number of aryl methyl sites for hydroxylation is 2. The fourth-order valence-electron chi connectivity index (χ4n) is 11.9. The summed E-state index contributed by atoms with van der Waals surface area (Å²) in [5, 5.41) is 9.04. The third-order valence-corrected chi connectivity index (χ3v) is 16.9. The van der Waals surface area contributed by atoms with Crippen LogP contribution in [0.2, 0.25) is 0 Å². The molecule has 13 rings (SSSR count). The van der Waals surface area contributed by atoms with Crippen LogP contribution in [0.1, 0.15) is 70.7 Å². The Bertz CT molecular complexity index is 3930. The molecule has 0 fully saturated rings. The average molecular weight is 933 g/mol. The molecule has 0 saturated carbocycles. The minimum atomic E-state index is -0.0662. The molecule has 0 aliphatic carbocycles. The van der Waals surface area contributed by atoms with E-state index in [1.807, 2.05) is 11.3 Å². The molecule has 10 aromatic carbocycles. The van der Waals surface area contributed by atoms with Gasteiger partial charge in [-0.15, -0.1) is 11.3 Å². The Morgan fingerprint density at radius 2 is 1.06 bits per heavy atom. The van der Waals surface area contributed by atoms with Crippen molar-refractivity contribution in [2.45, 2.75) is 72.6 Å². The first kappa shape index (κ1) is 43.6. The molecule has 0 spiro atoms. The molecular weight excluding hydrogens is 876 g/mol. The molecule has 11 aromatic rings. The van der Waals surface area contributed by atoms with Crippen LogP contribution in [0.15, 0.2) is 188 Å². The van der Waals surface area contributed by atoms with Crippen LogP contribution in [0, 0.1) is 6.92 Å². The summed E-state index contributed by atoms with van der Waals surface area (Å²) in [5.74, 6) is 0. The van der Waals surface area contributed by atoms with Crippen molar-refractivity contribution in [1.29, 1.82) is 0 Å². The smallest absolute Gasteiger partial charge is 0.264 e. The van der Waals surface area contributed by atoms with Crippen LogP contribution in [0.25, 0.3) is 64.7 Å². The molecule has 0 radical (unpaired) electrons. The highest BCUT2D eigenvalue weighted by Gasteiger charge is 2.46. The summed E-state index contributed by atoms with van der Waals surface area (Å²) in [6.45, 7) is 18.6. The highest BCUT2D eigenvalue weighted by atomic mass is 32.1. The van der Waals surface area contributed by atoms with Gasteiger partial charge in [0.05, 0.1) is 11.4 Å². The third-order valence-electron chi connectivity index (χ3n) is 15.6. The highest BCUT2D eigenvalue weighted by molar-refractivity contribution is 7.33. The molecule has 71 heavy (non-hydrogen) atoms. The lowest BCUT2D eigenvalue weighted by Crippen LogP contribution is -2.60. The number of fused-ring (bicyclic) bond motifs is 12. The van der Waals surface area contributed by atoms with Gasteiger partial charge in [0.1, 0.15) is 0 Å². The van der Waals surface area contributed by atoms with E-state index in [1.165, 1.54) is 137 Å². The van der Waals surface area contributed by atoms with E-state index in [9.17, 15) is 0 Å². The first-order valence-corrected chi connectivity index (χ1v) is 26.2. The van der Waals surface area contributed by atoms with E-state index in [4.69, 9.17) is 0 Å². The molecule has 344 valence electrons. The fraction of sp³-hybridized carbons (Fsp3) is 0.164. The largest absolute Gasteiger partial charge is 0.311 e. The molecule has 0 amide bonds. The molecule has 1 aromatic heterocycles. The number of rotatable bonds is 5. The van der Waals surface area contributed by atoms with E-state index >= 15 is 0 Å². The van der Waals surface area contributed by atoms with Gasteiger partial charge in [-0.05, 0) is 167 Å². The first-order chi connectivity index (χ1) is 34.4. The second-order valence-corrected chi connectivity index (χ2v) is 23.1. The van der Waals surface area contributed by atoms with Gasteiger partial charge in [-0.3, -0.25) is 0 Å². The Labute approximate surface area is 422 Å². The van der Waals surface area contributed by atoms with Crippen LogP contribution in [0.5, 0.6) is 0 Å². The lowest BCUT2D eigenvalue weighted by molar-refractivity contribution is 0.590. The van der Waals surface area contributed by atoms with Crippen LogP contribution in [0.3, 0.4) is 0 Å². The van der Waals surface area contributed by atoms with Crippen LogP contribution < -0.4 is 25.5 Å². The van der Waals surface area contributed by atoms with Gasteiger partial charge in [0.15, 0.2) is 0 Å². The van der Waals surface area contributed by atoms with E-state index in [0.717, 1.165) is 6.42 Å². The van der Waals surface area contributed by atoms with Crippen LogP contribution >= 0.6 is 11.3 Å². The zero-order valence-electron chi connectivity index (χ0n) is 42.0. The quantitative estimate of drug-likeness (QED) is 0.125. The number of anilines is 6. The average Bonchev–Trinajstić information content (AvgIpc) is 3.77. The van der Waals surface area contributed by atoms with Crippen molar-refractivity contribution < 1.29 is 0 Å². The Hall–Kier alpha value is -7.40. The predicted octanol–water partition coefficient (Wildman–Crippen LogP) is 17.2. The topological polar surface area (TPSA) is 6.48 Å². The molecular formula is C67H57BN2S. The van der Waals surface area contributed by atoms with E-state index in [1.54, 1.807) is 0 Å². The molecule has 2 aliphatic heterocycles. The van der Waals surface area contributed by atoms with Gasteiger partial charge < -0.3 is 9.80 Å². The van der Waals surface area contributed by atoms with Gasteiger partial charge in [-0.1, -0.05) is 176 Å². The Kier molecular flexibility index (Phi) is 9.87. The number of benzene rings is 10. The van der Waals surface area contributed by atoms with Crippen LogP contribution in [0.4, 0.5) is 34.1 Å². The van der Waals surface area contributed by atoms with Gasteiger partial charge in [0.2, 0.25) is 0 Å². The van der Waals surface area contributed by atoms with Gasteiger partial charge in [-0.2, -0.15) is 0 Å². The Morgan fingerprint density at radius 3 is 1.72 bits per heavy atom. The molecule has 0 atom stereocenters. The van der Waals surface area contributed by atoms with Crippen molar-refractivity contribution >= 4 is 110 Å². The van der Waals surface area contributed by atoms with E-state index in [2.05, 4.69) is 253 Å². The second kappa shape index (κ2) is 16.1. The summed E-state index contributed by atoms with van der Waals surface area (Å²) >= 11 is 1.98. The highest BCUT2D eigenvalue weighted by Crippen LogP contribution is 2.51. The van der Waals surface area contributed by atoms with Crippen molar-refractivity contribution in [2.24, 2.45) is 0 Å². The minimum absolute atomic E-state index is 0.00256. The summed E-state index contributed by atoms with van der Waals surface area (Å²) in [7, 11) is 0. The zero-order chi connectivity index (χ0) is 48.5. The van der Waals surface area contributed by atoms with Crippen LogP contribution in [-0.4, -0.2) is 6.71 Å². The van der Waals surface area contributed by atoms with Crippen molar-refractivity contribution in [3.8, 4) is 22.3 Å². The Balaban J connectivity index is 1.13. The van der Waals surface area contributed by atoms with Crippen molar-refractivity contribution in [3.63, 3.8) is 0 Å². The van der Waals surface area contributed by atoms with E-state index < -0.39 is 0 Å². The van der Waals surface area contributed by atoms with Crippen molar-refractivity contribution in [1.82, 2.24) is 0 Å². The molecule has 2 nitrogen and oxygen atoms in total. The lowest BCUT2D eigenvalue weighted by Gasteiger charge is -2.44. The molecule has 0 unspecified atom stereocenters. The summed E-state index contributed by atoms with van der Waals surface area (Å²) in [5.41, 5.74) is 20.2. The normalized spacial score (nSPS) is 13.3. The van der Waals surface area contributed by atoms with Gasteiger partial charge in [0.25, 0.3) is 6.71 Å². The maximum Gasteiger partial charge on any atom is 0.264 e. The SMILES string of the molecule is CCc1ccc(N2c3cccc4c3B(c3cc(-c5ccccc5)c(C)cc3N4c3ccc(C(C)(C)C)cc3-c3ccc4c5ccccc5c5ccccc5c4c3)c3sc4ccc(C(C)(C)C)cc4c32)cc1. The molecule has 4 heteroatoms. The van der Waals surface area contributed by atoms with E-state index in [-0.39, 0.29) is 17.5 Å². The molecule has 0 saturated heterocycles. The lowest BCUT2D eigenvalue weighted by atomic mass is 9.36. The number of nitrogens with zero attached hydrogens (tertiary/aromatic N) is 2. The zero-order valence-corrected chi connectivity index (χ0v) is 42.8. The summed E-state index contributed by atoms with van der Waals surface area (Å²) < 4.78 is 2.72. The summed E-state index contributed by atoms with van der Waals surface area (Å²) in [6, 6.07) is 72.1. The fourth-order valence-corrected chi connectivity index (χ4v) is 13.2. The molecule has 0 N–H and O–H groups in total. The van der Waals surface area contributed by atoms with Crippen LogP contribution in [-0.2, 0) is 17.3 Å². The number of hydrogen-bond acceptors (Lipinski definition) is 3. The molecule has 2 aliphatic rings. The van der Waals surface area contributed by atoms with Gasteiger partial charge in [-0.25, -0.2) is 0 Å². The van der Waals surface area contributed by atoms with Crippen molar-refractivity contribution in [2.75, 3.05) is 9.80 Å². The minimum Gasteiger partial charge on any atom is -0.311 e. The second-order valence-electron chi connectivity index (χ2n) is 22.0. The van der Waals surface area contributed by atoms with Gasteiger partial charge in [0, 0.05) is 43.2 Å². The number of thiophene rings is 1. The monoisotopic (exact) mass is 932 g/mol. The third kappa shape index (κ3) is 6.82. The molecule has 3 heterocycles.